The SMILES string of the molecule is COc1ccc(-c2cc(Cl)cc3c2NC(CN=[N+]=[N-])CO3)c(C)c1. The van der Waals surface area contributed by atoms with Gasteiger partial charge in [0.25, 0.3) is 0 Å². The molecule has 0 fully saturated rings. The Balaban J connectivity index is 2.06. The predicted octanol–water partition coefficient (Wildman–Crippen LogP) is 4.81. The fourth-order valence-electron chi connectivity index (χ4n) is 2.79. The Hall–Kier alpha value is -2.56. The zero-order valence-corrected chi connectivity index (χ0v) is 14.2. The summed E-state index contributed by atoms with van der Waals surface area (Å²) >= 11 is 6.26. The van der Waals surface area contributed by atoms with Crippen LogP contribution in [0.1, 0.15) is 5.56 Å². The number of anilines is 1. The Morgan fingerprint density at radius 1 is 1.38 bits per heavy atom. The van der Waals surface area contributed by atoms with E-state index in [1.54, 1.807) is 13.2 Å². The van der Waals surface area contributed by atoms with Crippen LogP contribution in [0.5, 0.6) is 11.5 Å². The highest BCUT2D eigenvalue weighted by Crippen LogP contribution is 2.42. The minimum absolute atomic E-state index is 0.0770. The predicted molar refractivity (Wildman–Crippen MR) is 95.1 cm³/mol. The van der Waals surface area contributed by atoms with Gasteiger partial charge in [0.05, 0.1) is 18.8 Å². The Labute approximate surface area is 145 Å². The second-order valence-corrected chi connectivity index (χ2v) is 6.01. The average Bonchev–Trinajstić information content (AvgIpc) is 2.59. The van der Waals surface area contributed by atoms with Gasteiger partial charge in [0.2, 0.25) is 0 Å². The second-order valence-electron chi connectivity index (χ2n) is 5.57. The number of rotatable bonds is 4. The van der Waals surface area contributed by atoms with Gasteiger partial charge in [-0.1, -0.05) is 22.8 Å². The van der Waals surface area contributed by atoms with E-state index in [1.165, 1.54) is 0 Å². The lowest BCUT2D eigenvalue weighted by Crippen LogP contribution is -2.34. The number of ether oxygens (including phenoxy) is 2. The van der Waals surface area contributed by atoms with Crippen LogP contribution in [0.4, 0.5) is 5.69 Å². The molecular formula is C17H17ClN4O2. The highest BCUT2D eigenvalue weighted by Gasteiger charge is 2.23. The molecule has 0 spiro atoms. The van der Waals surface area contributed by atoms with E-state index >= 15 is 0 Å². The molecule has 1 aliphatic rings. The van der Waals surface area contributed by atoms with Crippen molar-refractivity contribution in [1.82, 2.24) is 0 Å². The van der Waals surface area contributed by atoms with Crippen LogP contribution < -0.4 is 14.8 Å². The van der Waals surface area contributed by atoms with Crippen LogP contribution in [0, 0.1) is 6.92 Å². The van der Waals surface area contributed by atoms with E-state index in [-0.39, 0.29) is 6.04 Å². The average molecular weight is 345 g/mol. The highest BCUT2D eigenvalue weighted by atomic mass is 35.5. The molecule has 1 heterocycles. The molecular weight excluding hydrogens is 328 g/mol. The van der Waals surface area contributed by atoms with E-state index in [2.05, 4.69) is 15.3 Å². The number of halogens is 1. The van der Waals surface area contributed by atoms with Gasteiger partial charge in [-0.05, 0) is 41.8 Å². The van der Waals surface area contributed by atoms with Gasteiger partial charge >= 0.3 is 0 Å². The summed E-state index contributed by atoms with van der Waals surface area (Å²) in [6, 6.07) is 9.50. The largest absolute Gasteiger partial charge is 0.497 e. The quantitative estimate of drug-likeness (QED) is 0.491. The molecule has 1 atom stereocenters. The molecule has 2 aromatic carbocycles. The molecule has 2 aromatic rings. The van der Waals surface area contributed by atoms with E-state index < -0.39 is 0 Å². The van der Waals surface area contributed by atoms with Gasteiger partial charge in [0, 0.05) is 28.1 Å². The first-order valence-electron chi connectivity index (χ1n) is 7.51. The number of aryl methyl sites for hydroxylation is 1. The fourth-order valence-corrected chi connectivity index (χ4v) is 3.00. The van der Waals surface area contributed by atoms with Crippen molar-refractivity contribution < 1.29 is 9.47 Å². The lowest BCUT2D eigenvalue weighted by molar-refractivity contribution is 0.287. The zero-order valence-electron chi connectivity index (χ0n) is 13.4. The van der Waals surface area contributed by atoms with Crippen LogP contribution in [0.25, 0.3) is 21.6 Å². The summed E-state index contributed by atoms with van der Waals surface area (Å²) in [6.07, 6.45) is 0. The molecule has 0 saturated carbocycles. The Morgan fingerprint density at radius 3 is 2.92 bits per heavy atom. The Kier molecular flexibility index (Phi) is 4.69. The van der Waals surface area contributed by atoms with Crippen molar-refractivity contribution in [3.8, 4) is 22.6 Å². The number of hydrogen-bond donors (Lipinski definition) is 1. The molecule has 0 saturated heterocycles. The Morgan fingerprint density at radius 2 is 2.21 bits per heavy atom. The molecule has 124 valence electrons. The molecule has 6 nitrogen and oxygen atoms in total. The van der Waals surface area contributed by atoms with Crippen molar-refractivity contribution in [2.45, 2.75) is 13.0 Å². The topological polar surface area (TPSA) is 79.2 Å². The number of nitrogens with one attached hydrogen (secondary N) is 1. The third-order valence-electron chi connectivity index (χ3n) is 3.94. The first kappa shape index (κ1) is 16.3. The molecule has 0 amide bonds. The summed E-state index contributed by atoms with van der Waals surface area (Å²) in [6.45, 7) is 2.76. The van der Waals surface area contributed by atoms with Gasteiger partial charge in [0.15, 0.2) is 0 Å². The minimum atomic E-state index is -0.0770. The Bertz CT molecular complexity index is 818. The lowest BCUT2D eigenvalue weighted by atomic mass is 9.97. The maximum absolute atomic E-state index is 8.51. The van der Waals surface area contributed by atoms with Gasteiger partial charge < -0.3 is 14.8 Å². The summed E-state index contributed by atoms with van der Waals surface area (Å²) in [7, 11) is 1.64. The van der Waals surface area contributed by atoms with Gasteiger partial charge in [0.1, 0.15) is 18.1 Å². The first-order chi connectivity index (χ1) is 11.6. The molecule has 1 aliphatic heterocycles. The fraction of sp³-hybridized carbons (Fsp3) is 0.294. The summed E-state index contributed by atoms with van der Waals surface area (Å²) in [5.74, 6) is 1.50. The van der Waals surface area contributed by atoms with Crippen LogP contribution in [-0.2, 0) is 0 Å². The third kappa shape index (κ3) is 3.20. The van der Waals surface area contributed by atoms with E-state index in [0.29, 0.717) is 23.9 Å². The van der Waals surface area contributed by atoms with E-state index in [9.17, 15) is 0 Å². The number of benzene rings is 2. The zero-order chi connectivity index (χ0) is 17.1. The monoisotopic (exact) mass is 344 g/mol. The molecule has 0 bridgehead atoms. The number of nitrogens with zero attached hydrogens (tertiary/aromatic N) is 3. The maximum Gasteiger partial charge on any atom is 0.144 e. The number of azide groups is 1. The van der Waals surface area contributed by atoms with Gasteiger partial charge in [-0.3, -0.25) is 0 Å². The number of hydrogen-bond acceptors (Lipinski definition) is 4. The minimum Gasteiger partial charge on any atom is -0.497 e. The molecule has 24 heavy (non-hydrogen) atoms. The summed E-state index contributed by atoms with van der Waals surface area (Å²) in [5, 5.41) is 7.63. The van der Waals surface area contributed by atoms with Crippen molar-refractivity contribution >= 4 is 17.3 Å². The molecule has 7 heteroatoms. The molecule has 0 aromatic heterocycles. The standard InChI is InChI=1S/C17H17ClN4O2/c1-10-5-13(23-2)3-4-14(10)15-6-11(18)7-16-17(15)21-12(9-24-16)8-20-22-19/h3-7,12,21H,8-9H2,1-2H3. The summed E-state index contributed by atoms with van der Waals surface area (Å²) in [4.78, 5) is 2.81. The number of fused-ring (bicyclic) bond motifs is 1. The first-order valence-corrected chi connectivity index (χ1v) is 7.89. The summed E-state index contributed by atoms with van der Waals surface area (Å²) < 4.78 is 11.1. The van der Waals surface area contributed by atoms with Crippen molar-refractivity contribution in [2.24, 2.45) is 5.11 Å². The molecule has 1 N–H and O–H groups in total. The smallest absolute Gasteiger partial charge is 0.144 e. The van der Waals surface area contributed by atoms with Crippen molar-refractivity contribution in [3.63, 3.8) is 0 Å². The molecule has 0 aliphatic carbocycles. The number of methoxy groups -OCH3 is 1. The normalized spacial score (nSPS) is 15.5. The van der Waals surface area contributed by atoms with Gasteiger partial charge in [-0.15, -0.1) is 0 Å². The summed E-state index contributed by atoms with van der Waals surface area (Å²) in [5.41, 5.74) is 12.4. The highest BCUT2D eigenvalue weighted by molar-refractivity contribution is 6.31. The maximum atomic E-state index is 8.51. The van der Waals surface area contributed by atoms with Gasteiger partial charge in [-0.2, -0.15) is 0 Å². The van der Waals surface area contributed by atoms with Gasteiger partial charge in [-0.25, -0.2) is 0 Å². The second kappa shape index (κ2) is 6.91. The van der Waals surface area contributed by atoms with E-state index in [0.717, 1.165) is 28.1 Å². The van der Waals surface area contributed by atoms with Crippen LogP contribution >= 0.6 is 11.6 Å². The van der Waals surface area contributed by atoms with Crippen LogP contribution in [0.2, 0.25) is 5.02 Å². The molecule has 1 unspecified atom stereocenters. The van der Waals surface area contributed by atoms with Crippen molar-refractivity contribution in [3.05, 3.63) is 51.4 Å². The molecule has 0 radical (unpaired) electrons. The van der Waals surface area contributed by atoms with Crippen molar-refractivity contribution in [1.29, 1.82) is 0 Å². The lowest BCUT2D eigenvalue weighted by Gasteiger charge is -2.29. The van der Waals surface area contributed by atoms with Crippen LogP contribution in [0.3, 0.4) is 0 Å². The van der Waals surface area contributed by atoms with E-state index in [1.807, 2.05) is 31.2 Å². The van der Waals surface area contributed by atoms with Crippen LogP contribution in [0.15, 0.2) is 35.4 Å². The molecule has 3 rings (SSSR count). The third-order valence-corrected chi connectivity index (χ3v) is 4.16. The van der Waals surface area contributed by atoms with Crippen molar-refractivity contribution in [2.75, 3.05) is 25.6 Å². The van der Waals surface area contributed by atoms with Crippen LogP contribution in [-0.4, -0.2) is 26.3 Å². The van der Waals surface area contributed by atoms with E-state index in [4.69, 9.17) is 26.6 Å².